The Morgan fingerprint density at radius 2 is 1.93 bits per heavy atom. The Morgan fingerprint density at radius 3 is 2.36 bits per heavy atom. The second-order valence-electron chi connectivity index (χ2n) is 3.88. The molecule has 5 heteroatoms. The second-order valence-corrected chi connectivity index (χ2v) is 8.31. The van der Waals surface area contributed by atoms with Gasteiger partial charge in [-0.2, -0.15) is 0 Å². The molecule has 1 heterocycles. The van der Waals surface area contributed by atoms with Crippen molar-refractivity contribution < 1.29 is 4.43 Å². The van der Waals surface area contributed by atoms with Crippen molar-refractivity contribution in [3.63, 3.8) is 0 Å². The molecule has 2 N–H and O–H groups in total. The molecule has 14 heavy (non-hydrogen) atoms. The molecule has 0 saturated carbocycles. The summed E-state index contributed by atoms with van der Waals surface area (Å²) in [6.07, 6.45) is 3.38. The third-order valence-electron chi connectivity index (χ3n) is 1.45. The highest BCUT2D eigenvalue weighted by atomic mass is 28.4. The third-order valence-corrected chi connectivity index (χ3v) is 2.25. The zero-order valence-corrected chi connectivity index (χ0v) is 9.69. The standard InChI is InChI=1S/C9H15N3OSi/c1-14(2,3)13-9(12-10)8-4-6-11-7-5-8/h4-7H,10H2,1-3H3. The third kappa shape index (κ3) is 3.18. The lowest BCUT2D eigenvalue weighted by atomic mass is 10.3. The number of aromatic nitrogens is 1. The van der Waals surface area contributed by atoms with E-state index in [2.05, 4.69) is 29.7 Å². The minimum atomic E-state index is -1.66. The molecular formula is C9H15N3OSi. The molecule has 0 unspecified atom stereocenters. The molecular weight excluding hydrogens is 194 g/mol. The van der Waals surface area contributed by atoms with Gasteiger partial charge in [0.05, 0.1) is 0 Å². The van der Waals surface area contributed by atoms with Crippen molar-refractivity contribution in [1.29, 1.82) is 0 Å². The summed E-state index contributed by atoms with van der Waals surface area (Å²) in [5.41, 5.74) is 0.866. The predicted octanol–water partition coefficient (Wildman–Crippen LogP) is 1.55. The summed E-state index contributed by atoms with van der Waals surface area (Å²) in [5, 5.41) is 3.65. The van der Waals surface area contributed by atoms with Crippen LogP contribution in [0.5, 0.6) is 0 Å². The molecule has 0 aliphatic carbocycles. The van der Waals surface area contributed by atoms with Crippen LogP contribution in [0.25, 0.3) is 0 Å². The van der Waals surface area contributed by atoms with E-state index in [1.807, 2.05) is 12.1 Å². The maximum Gasteiger partial charge on any atom is 0.244 e. The smallest absolute Gasteiger partial charge is 0.244 e. The van der Waals surface area contributed by atoms with Crippen LogP contribution in [0.1, 0.15) is 5.56 Å². The van der Waals surface area contributed by atoms with Crippen LogP contribution in [0.15, 0.2) is 29.6 Å². The molecule has 0 radical (unpaired) electrons. The molecule has 0 fully saturated rings. The lowest BCUT2D eigenvalue weighted by Crippen LogP contribution is -2.30. The van der Waals surface area contributed by atoms with E-state index in [9.17, 15) is 0 Å². The van der Waals surface area contributed by atoms with Crippen LogP contribution in [0.4, 0.5) is 0 Å². The molecule has 0 bridgehead atoms. The van der Waals surface area contributed by atoms with Gasteiger partial charge in [0.25, 0.3) is 0 Å². The van der Waals surface area contributed by atoms with E-state index in [0.717, 1.165) is 5.56 Å². The van der Waals surface area contributed by atoms with Crippen LogP contribution in [0.3, 0.4) is 0 Å². The topological polar surface area (TPSA) is 60.5 Å². The first-order valence-corrected chi connectivity index (χ1v) is 7.81. The van der Waals surface area contributed by atoms with E-state index in [-0.39, 0.29) is 0 Å². The molecule has 76 valence electrons. The lowest BCUT2D eigenvalue weighted by molar-refractivity contribution is 0.550. The molecule has 1 rings (SSSR count). The van der Waals surface area contributed by atoms with Gasteiger partial charge in [0.1, 0.15) is 0 Å². The monoisotopic (exact) mass is 209 g/mol. The van der Waals surface area contributed by atoms with Gasteiger partial charge in [-0.25, -0.2) is 0 Å². The second kappa shape index (κ2) is 4.23. The average molecular weight is 209 g/mol. The molecule has 0 amide bonds. The summed E-state index contributed by atoms with van der Waals surface area (Å²) in [6, 6.07) is 3.65. The van der Waals surface area contributed by atoms with Crippen molar-refractivity contribution in [2.24, 2.45) is 10.9 Å². The fourth-order valence-corrected chi connectivity index (χ4v) is 1.69. The number of hydrogen-bond acceptors (Lipinski definition) is 4. The van der Waals surface area contributed by atoms with Crippen LogP contribution in [0, 0.1) is 0 Å². The SMILES string of the molecule is C[Si](C)(C)OC(=NN)c1ccncc1. The number of rotatable bonds is 2. The molecule has 1 aromatic rings. The Balaban J connectivity index is 2.85. The summed E-state index contributed by atoms with van der Waals surface area (Å²) in [5.74, 6) is 5.77. The number of hydrogen-bond donors (Lipinski definition) is 1. The number of pyridine rings is 1. The lowest BCUT2D eigenvalue weighted by Gasteiger charge is -2.19. The Bertz CT molecular complexity index is 319. The largest absolute Gasteiger partial charge is 0.530 e. The molecule has 0 saturated heterocycles. The minimum absolute atomic E-state index is 0.492. The van der Waals surface area contributed by atoms with Crippen LogP contribution in [-0.2, 0) is 4.43 Å². The van der Waals surface area contributed by atoms with E-state index >= 15 is 0 Å². The minimum Gasteiger partial charge on any atom is -0.530 e. The summed E-state index contributed by atoms with van der Waals surface area (Å²) in [7, 11) is -1.66. The molecule has 0 aliphatic rings. The number of nitrogens with two attached hydrogens (primary N) is 1. The van der Waals surface area contributed by atoms with Crippen molar-refractivity contribution >= 4 is 14.2 Å². The van der Waals surface area contributed by atoms with Gasteiger partial charge in [0, 0.05) is 18.0 Å². The van der Waals surface area contributed by atoms with E-state index in [0.29, 0.717) is 5.90 Å². The number of nitrogens with zero attached hydrogens (tertiary/aromatic N) is 2. The summed E-state index contributed by atoms with van der Waals surface area (Å²) < 4.78 is 5.71. The van der Waals surface area contributed by atoms with Crippen LogP contribution in [0.2, 0.25) is 19.6 Å². The van der Waals surface area contributed by atoms with Gasteiger partial charge in [0.2, 0.25) is 14.2 Å². The van der Waals surface area contributed by atoms with Gasteiger partial charge in [-0.15, -0.1) is 5.10 Å². The van der Waals surface area contributed by atoms with Crippen molar-refractivity contribution in [3.8, 4) is 0 Å². The van der Waals surface area contributed by atoms with Crippen molar-refractivity contribution in [1.82, 2.24) is 4.98 Å². The average Bonchev–Trinajstić information content (AvgIpc) is 2.14. The van der Waals surface area contributed by atoms with E-state index in [1.165, 1.54) is 0 Å². The highest BCUT2D eigenvalue weighted by Crippen LogP contribution is 2.08. The molecule has 0 aliphatic heterocycles. The fourth-order valence-electron chi connectivity index (χ4n) is 0.944. The molecule has 0 atom stereocenters. The van der Waals surface area contributed by atoms with Crippen LogP contribution < -0.4 is 5.84 Å². The van der Waals surface area contributed by atoms with Gasteiger partial charge in [-0.1, -0.05) is 0 Å². The normalized spacial score (nSPS) is 12.6. The Hall–Kier alpha value is -1.36. The first-order valence-electron chi connectivity index (χ1n) is 4.40. The van der Waals surface area contributed by atoms with E-state index in [4.69, 9.17) is 10.3 Å². The molecule has 0 spiro atoms. The van der Waals surface area contributed by atoms with Gasteiger partial charge in [-0.3, -0.25) is 4.98 Å². The van der Waals surface area contributed by atoms with Crippen molar-refractivity contribution in [3.05, 3.63) is 30.1 Å². The number of hydrazone groups is 1. The van der Waals surface area contributed by atoms with Gasteiger partial charge >= 0.3 is 0 Å². The van der Waals surface area contributed by atoms with Gasteiger partial charge in [0.15, 0.2) is 0 Å². The first-order chi connectivity index (χ1) is 6.53. The zero-order valence-electron chi connectivity index (χ0n) is 8.69. The molecule has 0 aromatic carbocycles. The molecule has 1 aromatic heterocycles. The van der Waals surface area contributed by atoms with E-state index in [1.54, 1.807) is 12.4 Å². The maximum absolute atomic E-state index is 5.71. The first kappa shape index (κ1) is 10.7. The fraction of sp³-hybridized carbons (Fsp3) is 0.333. The predicted molar refractivity (Wildman–Crippen MR) is 59.4 cm³/mol. The van der Waals surface area contributed by atoms with Gasteiger partial charge < -0.3 is 10.3 Å². The quantitative estimate of drug-likeness (QED) is 0.264. The summed E-state index contributed by atoms with van der Waals surface area (Å²) in [6.45, 7) is 6.25. The Kier molecular flexibility index (Phi) is 3.24. The van der Waals surface area contributed by atoms with Crippen LogP contribution >= 0.6 is 0 Å². The maximum atomic E-state index is 5.71. The summed E-state index contributed by atoms with van der Waals surface area (Å²) in [4.78, 5) is 3.92. The highest BCUT2D eigenvalue weighted by Gasteiger charge is 2.19. The van der Waals surface area contributed by atoms with Crippen molar-refractivity contribution in [2.45, 2.75) is 19.6 Å². The van der Waals surface area contributed by atoms with Crippen molar-refractivity contribution in [2.75, 3.05) is 0 Å². The van der Waals surface area contributed by atoms with E-state index < -0.39 is 8.32 Å². The van der Waals surface area contributed by atoms with Crippen LogP contribution in [-0.4, -0.2) is 19.2 Å². The highest BCUT2D eigenvalue weighted by molar-refractivity contribution is 6.71. The Morgan fingerprint density at radius 1 is 1.36 bits per heavy atom. The molecule has 4 nitrogen and oxygen atoms in total. The van der Waals surface area contributed by atoms with Gasteiger partial charge in [-0.05, 0) is 31.8 Å². The summed E-state index contributed by atoms with van der Waals surface area (Å²) >= 11 is 0. The Labute approximate surface area is 84.9 Å². The zero-order chi connectivity index (χ0) is 10.6.